The largest absolute Gasteiger partial charge is 1.00 e. The van der Waals surface area contributed by atoms with Crippen LogP contribution in [-0.2, 0) is 0 Å². The maximum absolute atomic E-state index is 11.0. The third-order valence-corrected chi connectivity index (χ3v) is 2.56. The second kappa shape index (κ2) is 11.5. The Morgan fingerprint density at radius 3 is 1.70 bits per heavy atom. The molecule has 0 aliphatic carbocycles. The van der Waals surface area contributed by atoms with Crippen molar-refractivity contribution in [1.29, 1.82) is 0 Å². The van der Waals surface area contributed by atoms with E-state index in [9.17, 15) is 19.8 Å². The van der Waals surface area contributed by atoms with Crippen LogP contribution in [0.1, 0.15) is 26.3 Å². The van der Waals surface area contributed by atoms with E-state index < -0.39 is 23.4 Å². The van der Waals surface area contributed by atoms with Crippen LogP contribution in [0.4, 0.5) is 0 Å². The van der Waals surface area contributed by atoms with Crippen molar-refractivity contribution in [2.45, 2.75) is 6.92 Å². The van der Waals surface area contributed by atoms with Gasteiger partial charge in [-0.3, -0.25) is 0 Å². The van der Waals surface area contributed by atoms with E-state index in [0.29, 0.717) is 5.56 Å². The first-order chi connectivity index (χ1) is 9.84. The number of carboxylic acids is 2. The van der Waals surface area contributed by atoms with E-state index in [1.807, 2.05) is 0 Å². The molecule has 0 spiro atoms. The van der Waals surface area contributed by atoms with Crippen molar-refractivity contribution >= 4 is 11.9 Å². The zero-order valence-electron chi connectivity index (χ0n) is 13.1. The van der Waals surface area contributed by atoms with Gasteiger partial charge in [0.25, 0.3) is 0 Å². The van der Waals surface area contributed by atoms with Crippen molar-refractivity contribution < 1.29 is 89.1 Å². The van der Waals surface area contributed by atoms with Gasteiger partial charge in [-0.25, -0.2) is 9.59 Å². The fourth-order valence-corrected chi connectivity index (χ4v) is 1.46. The van der Waals surface area contributed by atoms with Crippen LogP contribution in [0, 0.1) is 6.92 Å². The molecule has 0 fully saturated rings. The van der Waals surface area contributed by atoms with Crippen LogP contribution >= 0.6 is 0 Å². The number of para-hydroxylation sites is 2. The number of aryl methyl sites for hydroxylation is 1. The average molecular weight is 334 g/mol. The minimum Gasteiger partial charge on any atom is -0.872 e. The molecular formula is C15H12Na2O6. The number of benzene rings is 2. The van der Waals surface area contributed by atoms with Gasteiger partial charge in [0.2, 0.25) is 0 Å². The molecule has 2 rings (SSSR count). The third kappa shape index (κ3) is 7.39. The molecular weight excluding hydrogens is 322 g/mol. The Bertz CT molecular complexity index is 673. The van der Waals surface area contributed by atoms with E-state index >= 15 is 0 Å². The van der Waals surface area contributed by atoms with Gasteiger partial charge in [-0.15, -0.1) is 0 Å². The SMILES string of the molecule is Cc1cccc(C(=O)O)c1[O-].O=C(O)c1ccccc1[O-].[Na+].[Na+]. The average Bonchev–Trinajstić information content (AvgIpc) is 2.42. The molecule has 0 atom stereocenters. The van der Waals surface area contributed by atoms with E-state index in [1.165, 1.54) is 30.3 Å². The first-order valence-corrected chi connectivity index (χ1v) is 5.84. The molecule has 0 bridgehead atoms. The number of rotatable bonds is 2. The normalized spacial score (nSPS) is 8.57. The summed E-state index contributed by atoms with van der Waals surface area (Å²) in [6.45, 7) is 1.59. The molecule has 0 aliphatic heterocycles. The number of carbonyl (C=O) groups is 2. The number of hydrogen-bond acceptors (Lipinski definition) is 4. The van der Waals surface area contributed by atoms with E-state index in [1.54, 1.807) is 19.1 Å². The van der Waals surface area contributed by atoms with Gasteiger partial charge in [-0.2, -0.15) is 0 Å². The fraction of sp³-hybridized carbons (Fsp3) is 0.0667. The number of aromatic carboxylic acids is 2. The van der Waals surface area contributed by atoms with Gasteiger partial charge in [0.15, 0.2) is 0 Å². The number of hydrogen-bond donors (Lipinski definition) is 2. The minimum atomic E-state index is -1.18. The second-order valence-electron chi connectivity index (χ2n) is 4.06. The summed E-state index contributed by atoms with van der Waals surface area (Å²) in [5.74, 6) is -3.20. The van der Waals surface area contributed by atoms with Gasteiger partial charge in [0, 0.05) is 0 Å². The van der Waals surface area contributed by atoms with Gasteiger partial charge in [-0.1, -0.05) is 47.4 Å². The molecule has 2 N–H and O–H groups in total. The van der Waals surface area contributed by atoms with Gasteiger partial charge in [-0.05, 0) is 19.1 Å². The molecule has 8 heteroatoms. The van der Waals surface area contributed by atoms with Crippen LogP contribution in [0.5, 0.6) is 11.5 Å². The van der Waals surface area contributed by atoms with Crippen LogP contribution in [0.15, 0.2) is 42.5 Å². The molecule has 23 heavy (non-hydrogen) atoms. The Morgan fingerprint density at radius 2 is 1.30 bits per heavy atom. The number of carboxylic acid groups (broad SMARTS) is 2. The molecule has 0 saturated heterocycles. The van der Waals surface area contributed by atoms with Crippen LogP contribution in [0.2, 0.25) is 0 Å². The zero-order chi connectivity index (χ0) is 16.0. The first kappa shape index (κ1) is 24.2. The molecule has 0 radical (unpaired) electrons. The summed E-state index contributed by atoms with van der Waals surface area (Å²) in [4.78, 5) is 20.6. The summed E-state index contributed by atoms with van der Waals surface area (Å²) < 4.78 is 0. The molecule has 2 aromatic carbocycles. The second-order valence-corrected chi connectivity index (χ2v) is 4.06. The van der Waals surface area contributed by atoms with Crippen molar-refractivity contribution in [2.24, 2.45) is 0 Å². The molecule has 0 unspecified atom stereocenters. The van der Waals surface area contributed by atoms with Crippen molar-refractivity contribution in [2.75, 3.05) is 0 Å². The summed E-state index contributed by atoms with van der Waals surface area (Å²) in [5.41, 5.74) is 0.123. The van der Waals surface area contributed by atoms with Gasteiger partial charge in [0.05, 0.1) is 11.1 Å². The summed E-state index contributed by atoms with van der Waals surface area (Å²) in [5, 5.41) is 38.6. The summed E-state index contributed by atoms with van der Waals surface area (Å²) in [6.07, 6.45) is 0. The van der Waals surface area contributed by atoms with Gasteiger partial charge >= 0.3 is 71.1 Å². The van der Waals surface area contributed by atoms with Crippen LogP contribution < -0.4 is 69.3 Å². The molecule has 0 heterocycles. The minimum absolute atomic E-state index is 0. The van der Waals surface area contributed by atoms with Crippen molar-refractivity contribution in [3.8, 4) is 11.5 Å². The summed E-state index contributed by atoms with van der Waals surface area (Å²) >= 11 is 0. The first-order valence-electron chi connectivity index (χ1n) is 5.84. The van der Waals surface area contributed by atoms with Crippen molar-refractivity contribution in [1.82, 2.24) is 0 Å². The van der Waals surface area contributed by atoms with Gasteiger partial charge in [0.1, 0.15) is 0 Å². The van der Waals surface area contributed by atoms with Gasteiger partial charge < -0.3 is 20.4 Å². The summed E-state index contributed by atoms with van der Waals surface area (Å²) in [7, 11) is 0. The Hall–Kier alpha value is -1.02. The Balaban J connectivity index is 0. The molecule has 0 aromatic heterocycles. The third-order valence-electron chi connectivity index (χ3n) is 2.56. The Morgan fingerprint density at radius 1 is 0.826 bits per heavy atom. The smallest absolute Gasteiger partial charge is 0.872 e. The maximum atomic E-state index is 11.0. The molecule has 6 nitrogen and oxygen atoms in total. The maximum Gasteiger partial charge on any atom is 1.00 e. The predicted octanol–water partition coefficient (Wildman–Crippen LogP) is -4.77. The predicted molar refractivity (Wildman–Crippen MR) is 70.4 cm³/mol. The molecule has 0 amide bonds. The van der Waals surface area contributed by atoms with Crippen LogP contribution in [-0.4, -0.2) is 22.2 Å². The van der Waals surface area contributed by atoms with E-state index in [4.69, 9.17) is 10.2 Å². The molecule has 110 valence electrons. The summed E-state index contributed by atoms with van der Waals surface area (Å²) in [6, 6.07) is 9.99. The molecule has 0 aliphatic rings. The Labute approximate surface area is 177 Å². The van der Waals surface area contributed by atoms with Crippen molar-refractivity contribution in [3.05, 3.63) is 59.2 Å². The molecule has 0 saturated carbocycles. The van der Waals surface area contributed by atoms with E-state index in [0.717, 1.165) is 0 Å². The molecule has 2 aromatic rings. The zero-order valence-corrected chi connectivity index (χ0v) is 17.1. The van der Waals surface area contributed by atoms with Crippen molar-refractivity contribution in [3.63, 3.8) is 0 Å². The topological polar surface area (TPSA) is 121 Å². The standard InChI is InChI=1S/C8H8O3.C7H6O3.2Na/c1-5-3-2-4-6(7(5)9)8(10)11;8-6-4-2-1-3-5(6)7(9)10;;/h2-4,9H,1H3,(H,10,11);1-4,8H,(H,9,10);;/q;;2*+1/p-2. The fourth-order valence-electron chi connectivity index (χ4n) is 1.46. The monoisotopic (exact) mass is 334 g/mol. The Kier molecular flexibility index (Phi) is 12.1. The van der Waals surface area contributed by atoms with E-state index in [2.05, 4.69) is 0 Å². The van der Waals surface area contributed by atoms with Crippen LogP contribution in [0.25, 0.3) is 0 Å². The van der Waals surface area contributed by atoms with Crippen LogP contribution in [0.3, 0.4) is 0 Å². The quantitative estimate of drug-likeness (QED) is 0.532. The van der Waals surface area contributed by atoms with E-state index in [-0.39, 0.29) is 70.2 Å².